The van der Waals surface area contributed by atoms with E-state index in [1.54, 1.807) is 0 Å². The molecule has 100 valence electrons. The summed E-state index contributed by atoms with van der Waals surface area (Å²) in [6.07, 6.45) is 2.27. The molecule has 2 rings (SSSR count). The van der Waals surface area contributed by atoms with Crippen LogP contribution in [0.3, 0.4) is 0 Å². The number of nitrogens with zero attached hydrogens (tertiary/aromatic N) is 1. The number of rotatable bonds is 1. The molecule has 2 aliphatic heterocycles. The zero-order valence-electron chi connectivity index (χ0n) is 12.0. The van der Waals surface area contributed by atoms with Crippen LogP contribution >= 0.6 is 0 Å². The zero-order chi connectivity index (χ0) is 12.8. The predicted molar refractivity (Wildman–Crippen MR) is 71.0 cm³/mol. The number of piperidine rings is 1. The van der Waals surface area contributed by atoms with Crippen molar-refractivity contribution >= 4 is 0 Å². The van der Waals surface area contributed by atoms with E-state index < -0.39 is 0 Å². The van der Waals surface area contributed by atoms with Gasteiger partial charge in [0, 0.05) is 25.2 Å². The summed E-state index contributed by atoms with van der Waals surface area (Å²) in [6.45, 7) is 13.3. The maximum Gasteiger partial charge on any atom is 0.0789 e. The number of nitrogens with two attached hydrogens (primary N) is 1. The number of ether oxygens (including phenoxy) is 1. The van der Waals surface area contributed by atoms with E-state index in [1.807, 2.05) is 0 Å². The second-order valence-corrected chi connectivity index (χ2v) is 7.24. The fraction of sp³-hybridized carbons (Fsp3) is 1.00. The van der Waals surface area contributed by atoms with Crippen LogP contribution in [0.5, 0.6) is 0 Å². The fourth-order valence-electron chi connectivity index (χ4n) is 3.80. The first-order valence-corrected chi connectivity index (χ1v) is 6.89. The molecule has 0 aromatic carbocycles. The quantitative estimate of drug-likeness (QED) is 0.762. The molecule has 0 spiro atoms. The highest BCUT2D eigenvalue weighted by Crippen LogP contribution is 2.41. The summed E-state index contributed by atoms with van der Waals surface area (Å²) in [5.74, 6) is 0.707. The molecule has 0 saturated carbocycles. The Balaban J connectivity index is 2.11. The van der Waals surface area contributed by atoms with Crippen molar-refractivity contribution in [3.05, 3.63) is 0 Å². The van der Waals surface area contributed by atoms with Crippen molar-refractivity contribution in [3.8, 4) is 0 Å². The van der Waals surface area contributed by atoms with Gasteiger partial charge in [-0.05, 0) is 46.5 Å². The lowest BCUT2D eigenvalue weighted by Gasteiger charge is -2.42. The molecule has 3 atom stereocenters. The van der Waals surface area contributed by atoms with Gasteiger partial charge in [0.15, 0.2) is 0 Å². The van der Waals surface area contributed by atoms with Crippen molar-refractivity contribution in [1.82, 2.24) is 4.90 Å². The third-order valence-electron chi connectivity index (χ3n) is 4.19. The zero-order valence-corrected chi connectivity index (χ0v) is 12.0. The molecule has 3 heteroatoms. The Bertz CT molecular complexity index is 278. The molecule has 3 nitrogen and oxygen atoms in total. The van der Waals surface area contributed by atoms with E-state index in [9.17, 15) is 0 Å². The largest absolute Gasteiger partial charge is 0.368 e. The van der Waals surface area contributed by atoms with E-state index >= 15 is 0 Å². The van der Waals surface area contributed by atoms with E-state index in [0.29, 0.717) is 18.0 Å². The van der Waals surface area contributed by atoms with Crippen LogP contribution in [-0.4, -0.2) is 41.3 Å². The van der Waals surface area contributed by atoms with Gasteiger partial charge in [0.2, 0.25) is 0 Å². The first-order chi connectivity index (χ1) is 7.70. The maximum atomic E-state index is 6.19. The van der Waals surface area contributed by atoms with Crippen LogP contribution in [0.25, 0.3) is 0 Å². The van der Waals surface area contributed by atoms with Gasteiger partial charge in [-0.15, -0.1) is 0 Å². The van der Waals surface area contributed by atoms with Gasteiger partial charge in [-0.25, -0.2) is 0 Å². The Hall–Kier alpha value is -0.120. The molecule has 2 saturated heterocycles. The van der Waals surface area contributed by atoms with Gasteiger partial charge in [0.05, 0.1) is 11.2 Å². The molecular formula is C14H28N2O. The third kappa shape index (κ3) is 2.83. The summed E-state index contributed by atoms with van der Waals surface area (Å²) in [5, 5.41) is 0. The van der Waals surface area contributed by atoms with Crippen molar-refractivity contribution in [2.75, 3.05) is 13.1 Å². The molecule has 0 amide bonds. The molecule has 2 fully saturated rings. The normalized spacial score (nSPS) is 41.6. The first kappa shape index (κ1) is 13.3. The Morgan fingerprint density at radius 3 is 2.29 bits per heavy atom. The van der Waals surface area contributed by atoms with Crippen molar-refractivity contribution in [2.24, 2.45) is 11.7 Å². The van der Waals surface area contributed by atoms with Gasteiger partial charge in [-0.1, -0.05) is 6.92 Å². The van der Waals surface area contributed by atoms with Crippen molar-refractivity contribution in [1.29, 1.82) is 0 Å². The van der Waals surface area contributed by atoms with Crippen LogP contribution in [-0.2, 0) is 4.74 Å². The van der Waals surface area contributed by atoms with Gasteiger partial charge in [-0.3, -0.25) is 4.90 Å². The van der Waals surface area contributed by atoms with Crippen LogP contribution < -0.4 is 5.73 Å². The molecule has 2 N–H and O–H groups in total. The van der Waals surface area contributed by atoms with Crippen molar-refractivity contribution < 1.29 is 4.74 Å². The molecule has 0 radical (unpaired) electrons. The third-order valence-corrected chi connectivity index (χ3v) is 4.19. The van der Waals surface area contributed by atoms with Gasteiger partial charge in [0.25, 0.3) is 0 Å². The summed E-state index contributed by atoms with van der Waals surface area (Å²) in [7, 11) is 0. The van der Waals surface area contributed by atoms with E-state index in [2.05, 4.69) is 39.5 Å². The molecule has 0 aliphatic carbocycles. The summed E-state index contributed by atoms with van der Waals surface area (Å²) in [6, 6.07) is 0.838. The van der Waals surface area contributed by atoms with E-state index in [1.165, 1.54) is 6.54 Å². The van der Waals surface area contributed by atoms with Gasteiger partial charge in [-0.2, -0.15) is 0 Å². The monoisotopic (exact) mass is 240 g/mol. The SMILES string of the molecule is CC1CC(N)CN(C2CC(C)(C)OC2(C)C)C1. The van der Waals surface area contributed by atoms with E-state index in [4.69, 9.17) is 10.5 Å². The Labute approximate surface area is 106 Å². The summed E-state index contributed by atoms with van der Waals surface area (Å²) >= 11 is 0. The minimum absolute atomic E-state index is 0.00104. The second kappa shape index (κ2) is 4.22. The van der Waals surface area contributed by atoms with Gasteiger partial charge < -0.3 is 10.5 Å². The van der Waals surface area contributed by atoms with Gasteiger partial charge in [0.1, 0.15) is 0 Å². The predicted octanol–water partition coefficient (Wildman–Crippen LogP) is 2.00. The van der Waals surface area contributed by atoms with Crippen LogP contribution in [0.1, 0.15) is 47.5 Å². The summed E-state index contributed by atoms with van der Waals surface area (Å²) < 4.78 is 6.19. The van der Waals surface area contributed by atoms with Crippen LogP contribution in [0.2, 0.25) is 0 Å². The first-order valence-electron chi connectivity index (χ1n) is 6.89. The molecular weight excluding hydrogens is 212 g/mol. The molecule has 0 aromatic rings. The van der Waals surface area contributed by atoms with Crippen LogP contribution in [0.15, 0.2) is 0 Å². The highest BCUT2D eigenvalue weighted by molar-refractivity contribution is 5.01. The lowest BCUT2D eigenvalue weighted by molar-refractivity contribution is -0.0836. The van der Waals surface area contributed by atoms with Crippen LogP contribution in [0.4, 0.5) is 0 Å². The Morgan fingerprint density at radius 1 is 1.18 bits per heavy atom. The fourth-order valence-corrected chi connectivity index (χ4v) is 3.80. The van der Waals surface area contributed by atoms with E-state index in [0.717, 1.165) is 19.4 Å². The summed E-state index contributed by atoms with van der Waals surface area (Å²) in [5.41, 5.74) is 6.10. The topological polar surface area (TPSA) is 38.5 Å². The van der Waals surface area contributed by atoms with Crippen molar-refractivity contribution in [2.45, 2.75) is 70.7 Å². The van der Waals surface area contributed by atoms with Gasteiger partial charge >= 0.3 is 0 Å². The molecule has 0 aromatic heterocycles. The average molecular weight is 240 g/mol. The molecule has 2 heterocycles. The van der Waals surface area contributed by atoms with Crippen molar-refractivity contribution in [3.63, 3.8) is 0 Å². The lowest BCUT2D eigenvalue weighted by atomic mass is 9.88. The molecule has 3 unspecified atom stereocenters. The standard InChI is InChI=1S/C14H28N2O/c1-10-6-11(15)9-16(8-10)12-7-13(2,3)17-14(12,4)5/h10-12H,6-9,15H2,1-5H3. The summed E-state index contributed by atoms with van der Waals surface area (Å²) in [4.78, 5) is 2.56. The number of likely N-dealkylation sites (tertiary alicyclic amines) is 1. The average Bonchev–Trinajstić information content (AvgIpc) is 2.32. The minimum Gasteiger partial charge on any atom is -0.368 e. The smallest absolute Gasteiger partial charge is 0.0789 e. The molecule has 0 bridgehead atoms. The van der Waals surface area contributed by atoms with Crippen LogP contribution in [0, 0.1) is 5.92 Å². The highest BCUT2D eigenvalue weighted by atomic mass is 16.5. The number of hydrogen-bond donors (Lipinski definition) is 1. The number of hydrogen-bond acceptors (Lipinski definition) is 3. The highest BCUT2D eigenvalue weighted by Gasteiger charge is 2.49. The second-order valence-electron chi connectivity index (χ2n) is 7.24. The van der Waals surface area contributed by atoms with E-state index in [-0.39, 0.29) is 11.2 Å². The lowest BCUT2D eigenvalue weighted by Crippen LogP contribution is -2.55. The Kier molecular flexibility index (Phi) is 3.30. The maximum absolute atomic E-state index is 6.19. The molecule has 2 aliphatic rings. The minimum atomic E-state index is -0.0553. The Morgan fingerprint density at radius 2 is 1.82 bits per heavy atom. The molecule has 17 heavy (non-hydrogen) atoms.